The maximum Gasteiger partial charge on any atom is 0.255 e. The molecule has 0 saturated heterocycles. The Morgan fingerprint density at radius 2 is 1.68 bits per heavy atom. The van der Waals surface area contributed by atoms with Crippen LogP contribution in [-0.2, 0) is 4.79 Å². The van der Waals surface area contributed by atoms with Gasteiger partial charge < -0.3 is 20.9 Å². The van der Waals surface area contributed by atoms with Crippen molar-refractivity contribution in [2.24, 2.45) is 5.92 Å². The van der Waals surface area contributed by atoms with Crippen LogP contribution in [0.1, 0.15) is 23.7 Å². The van der Waals surface area contributed by atoms with Gasteiger partial charge >= 0.3 is 0 Å². The van der Waals surface area contributed by atoms with Crippen LogP contribution in [-0.4, -0.2) is 52.3 Å². The van der Waals surface area contributed by atoms with Crippen molar-refractivity contribution in [2.45, 2.75) is 13.3 Å². The second-order valence-electron chi connectivity index (χ2n) is 9.36. The molecule has 4 rings (SSSR count). The van der Waals surface area contributed by atoms with E-state index in [2.05, 4.69) is 35.8 Å². The summed E-state index contributed by atoms with van der Waals surface area (Å²) in [5.41, 5.74) is 4.12. The molecule has 1 unspecified atom stereocenters. The van der Waals surface area contributed by atoms with Crippen molar-refractivity contribution in [1.82, 2.24) is 19.9 Å². The fraction of sp³-hybridized carbons (Fsp3) is 0.207. The van der Waals surface area contributed by atoms with Crippen LogP contribution in [0.3, 0.4) is 0 Å². The first-order valence-electron chi connectivity index (χ1n) is 12.3. The summed E-state index contributed by atoms with van der Waals surface area (Å²) >= 11 is 0. The Labute approximate surface area is 222 Å². The molecule has 9 heteroatoms. The van der Waals surface area contributed by atoms with Gasteiger partial charge in [-0.3, -0.25) is 14.6 Å². The summed E-state index contributed by atoms with van der Waals surface area (Å²) in [6.45, 7) is 2.87. The molecule has 38 heavy (non-hydrogen) atoms. The molecule has 0 spiro atoms. The molecule has 0 fully saturated rings. The highest BCUT2D eigenvalue weighted by atomic mass is 16.2. The topological polar surface area (TPSA) is 112 Å². The predicted molar refractivity (Wildman–Crippen MR) is 150 cm³/mol. The molecule has 9 nitrogen and oxygen atoms in total. The lowest BCUT2D eigenvalue weighted by Gasteiger charge is -2.16. The highest BCUT2D eigenvalue weighted by Gasteiger charge is 2.12. The van der Waals surface area contributed by atoms with E-state index >= 15 is 0 Å². The van der Waals surface area contributed by atoms with Gasteiger partial charge in [0, 0.05) is 59.7 Å². The Bertz CT molecular complexity index is 1380. The van der Waals surface area contributed by atoms with E-state index in [0.29, 0.717) is 29.3 Å². The molecule has 0 aliphatic carbocycles. The first-order valence-corrected chi connectivity index (χ1v) is 12.3. The average Bonchev–Trinajstić information content (AvgIpc) is 2.90. The van der Waals surface area contributed by atoms with Crippen LogP contribution in [0.25, 0.3) is 11.3 Å². The molecule has 3 N–H and O–H groups in total. The van der Waals surface area contributed by atoms with E-state index in [9.17, 15) is 9.59 Å². The molecule has 1 atom stereocenters. The summed E-state index contributed by atoms with van der Waals surface area (Å²) in [6, 6.07) is 19.8. The Hall–Kier alpha value is -4.63. The van der Waals surface area contributed by atoms with E-state index in [-0.39, 0.29) is 17.7 Å². The van der Waals surface area contributed by atoms with Crippen molar-refractivity contribution in [1.29, 1.82) is 0 Å². The summed E-state index contributed by atoms with van der Waals surface area (Å²) in [4.78, 5) is 40.2. The minimum Gasteiger partial charge on any atom is -0.326 e. The smallest absolute Gasteiger partial charge is 0.255 e. The number of nitrogens with one attached hydrogen (secondary N) is 3. The van der Waals surface area contributed by atoms with Crippen LogP contribution in [0, 0.1) is 5.92 Å². The van der Waals surface area contributed by atoms with Gasteiger partial charge in [-0.1, -0.05) is 13.0 Å². The third-order valence-electron chi connectivity index (χ3n) is 5.63. The molecule has 194 valence electrons. The molecule has 2 amide bonds. The van der Waals surface area contributed by atoms with Crippen molar-refractivity contribution in [3.63, 3.8) is 0 Å². The molecule has 0 aliphatic rings. The second kappa shape index (κ2) is 12.6. The van der Waals surface area contributed by atoms with E-state index in [1.807, 2.05) is 51.4 Å². The lowest BCUT2D eigenvalue weighted by atomic mass is 10.1. The van der Waals surface area contributed by atoms with E-state index in [1.165, 1.54) is 0 Å². The molecule has 0 aliphatic heterocycles. The van der Waals surface area contributed by atoms with Crippen LogP contribution in [0.2, 0.25) is 0 Å². The van der Waals surface area contributed by atoms with E-state index in [4.69, 9.17) is 0 Å². The van der Waals surface area contributed by atoms with E-state index in [1.54, 1.807) is 55.0 Å². The maximum absolute atomic E-state index is 12.8. The molecule has 2 aromatic carbocycles. The zero-order valence-electron chi connectivity index (χ0n) is 21.7. The maximum atomic E-state index is 12.8. The van der Waals surface area contributed by atoms with Crippen LogP contribution in [0.15, 0.2) is 85.3 Å². The van der Waals surface area contributed by atoms with Gasteiger partial charge in [-0.2, -0.15) is 0 Å². The first-order chi connectivity index (χ1) is 18.4. The summed E-state index contributed by atoms with van der Waals surface area (Å²) in [6.07, 6.45) is 5.56. The summed E-state index contributed by atoms with van der Waals surface area (Å²) < 4.78 is 0. The molecule has 0 saturated carbocycles. The highest BCUT2D eigenvalue weighted by molar-refractivity contribution is 6.05. The number of amides is 2. The van der Waals surface area contributed by atoms with Crippen LogP contribution in [0.4, 0.5) is 23.0 Å². The third-order valence-corrected chi connectivity index (χ3v) is 5.63. The zero-order chi connectivity index (χ0) is 26.9. The number of carbonyl (C=O) groups excluding carboxylic acids is 2. The lowest BCUT2D eigenvalue weighted by Crippen LogP contribution is -2.24. The fourth-order valence-corrected chi connectivity index (χ4v) is 4.02. The van der Waals surface area contributed by atoms with Gasteiger partial charge in [-0.05, 0) is 80.7 Å². The van der Waals surface area contributed by atoms with Gasteiger partial charge in [0.15, 0.2) is 0 Å². The normalized spacial score (nSPS) is 11.6. The average molecular weight is 510 g/mol. The third kappa shape index (κ3) is 7.68. The molecule has 2 heterocycles. The largest absolute Gasteiger partial charge is 0.326 e. The number of hydrogen-bond acceptors (Lipinski definition) is 7. The van der Waals surface area contributed by atoms with Gasteiger partial charge in [0.25, 0.3) is 5.91 Å². The molecule has 2 aromatic heterocycles. The quantitative estimate of drug-likeness (QED) is 0.274. The second-order valence-corrected chi connectivity index (χ2v) is 9.36. The molecule has 0 radical (unpaired) electrons. The lowest BCUT2D eigenvalue weighted by molar-refractivity contribution is -0.117. The van der Waals surface area contributed by atoms with Crippen molar-refractivity contribution >= 4 is 34.8 Å². The minimum atomic E-state index is -0.268. The zero-order valence-corrected chi connectivity index (χ0v) is 21.7. The SMILES string of the molecule is CC(CC(=O)Nc1cccc(C(=O)Nc2ccc(Nc3nccc(-c4cccnc4)n3)cc2)c1)CN(C)C. The van der Waals surface area contributed by atoms with Crippen LogP contribution >= 0.6 is 0 Å². The first kappa shape index (κ1) is 26.4. The van der Waals surface area contributed by atoms with Gasteiger partial charge in [-0.15, -0.1) is 0 Å². The predicted octanol–water partition coefficient (Wildman–Crippen LogP) is 5.06. The van der Waals surface area contributed by atoms with Gasteiger partial charge in [0.1, 0.15) is 0 Å². The summed E-state index contributed by atoms with van der Waals surface area (Å²) in [7, 11) is 3.97. The monoisotopic (exact) mass is 509 g/mol. The van der Waals surface area contributed by atoms with E-state index in [0.717, 1.165) is 23.5 Å². The number of rotatable bonds is 10. The fourth-order valence-electron chi connectivity index (χ4n) is 4.02. The number of nitrogens with zero attached hydrogens (tertiary/aromatic N) is 4. The number of anilines is 4. The summed E-state index contributed by atoms with van der Waals surface area (Å²) in [5, 5.41) is 8.96. The molecule has 0 bridgehead atoms. The summed E-state index contributed by atoms with van der Waals surface area (Å²) in [5.74, 6) is 0.342. The Balaban J connectivity index is 1.34. The van der Waals surface area contributed by atoms with Crippen LogP contribution < -0.4 is 16.0 Å². The number of carbonyl (C=O) groups is 2. The number of pyridine rings is 1. The Kier molecular flexibility index (Phi) is 8.73. The molecular formula is C29H31N7O2. The van der Waals surface area contributed by atoms with Crippen molar-refractivity contribution < 1.29 is 9.59 Å². The number of aromatic nitrogens is 3. The highest BCUT2D eigenvalue weighted by Crippen LogP contribution is 2.21. The van der Waals surface area contributed by atoms with E-state index < -0.39 is 0 Å². The minimum absolute atomic E-state index is 0.0741. The Morgan fingerprint density at radius 3 is 2.42 bits per heavy atom. The molecule has 4 aromatic rings. The van der Waals surface area contributed by atoms with Crippen molar-refractivity contribution in [2.75, 3.05) is 36.6 Å². The standard InChI is InChI=1S/C29H31N7O2/c1-20(19-36(2)3)16-27(37)32-25-8-4-6-21(17-25)28(38)33-23-9-11-24(12-10-23)34-29-31-15-13-26(35-29)22-7-5-14-30-18-22/h4-15,17-18,20H,16,19H2,1-3H3,(H,32,37)(H,33,38)(H,31,34,35). The van der Waals surface area contributed by atoms with Crippen molar-refractivity contribution in [3.05, 3.63) is 90.9 Å². The van der Waals surface area contributed by atoms with Gasteiger partial charge in [0.05, 0.1) is 5.69 Å². The Morgan fingerprint density at radius 1 is 0.895 bits per heavy atom. The number of hydrogen-bond donors (Lipinski definition) is 3. The van der Waals surface area contributed by atoms with Crippen LogP contribution in [0.5, 0.6) is 0 Å². The molecular weight excluding hydrogens is 478 g/mol. The van der Waals surface area contributed by atoms with Gasteiger partial charge in [0.2, 0.25) is 11.9 Å². The van der Waals surface area contributed by atoms with Crippen molar-refractivity contribution in [3.8, 4) is 11.3 Å². The van der Waals surface area contributed by atoms with Gasteiger partial charge in [-0.25, -0.2) is 9.97 Å². The number of benzene rings is 2.